The predicted molar refractivity (Wildman–Crippen MR) is 74.3 cm³/mol. The fourth-order valence-electron chi connectivity index (χ4n) is 2.21. The Hall–Kier alpha value is -1.57. The molecule has 2 nitrogen and oxygen atoms in total. The highest BCUT2D eigenvalue weighted by Crippen LogP contribution is 2.19. The highest BCUT2D eigenvalue weighted by Gasteiger charge is 2.12. The second kappa shape index (κ2) is 5.67. The lowest BCUT2D eigenvalue weighted by atomic mass is 10.1. The maximum atomic E-state index is 4.69. The normalized spacial score (nSPS) is 16.4. The Morgan fingerprint density at radius 3 is 2.65 bits per heavy atom. The van der Waals surface area contributed by atoms with E-state index in [0.29, 0.717) is 0 Å². The summed E-state index contributed by atoms with van der Waals surface area (Å²) in [5.41, 5.74) is 2.26. The van der Waals surface area contributed by atoms with E-state index in [2.05, 4.69) is 36.6 Å². The van der Waals surface area contributed by atoms with E-state index in [1.807, 2.05) is 6.08 Å². The molecule has 2 heterocycles. The van der Waals surface area contributed by atoms with Crippen molar-refractivity contribution in [2.24, 2.45) is 0 Å². The summed E-state index contributed by atoms with van der Waals surface area (Å²) in [7, 11) is 0. The smallest absolute Gasteiger partial charge is 0.128 e. The van der Waals surface area contributed by atoms with Crippen LogP contribution in [0.1, 0.15) is 30.5 Å². The van der Waals surface area contributed by atoms with Crippen LogP contribution in [0.5, 0.6) is 0 Å². The number of hydrogen-bond donors (Lipinski definition) is 0. The molecule has 1 aliphatic rings. The minimum Gasteiger partial charge on any atom is -0.357 e. The minimum atomic E-state index is 1.09. The zero-order valence-electron chi connectivity index (χ0n) is 10.5. The van der Waals surface area contributed by atoms with Gasteiger partial charge in [-0.15, -0.1) is 0 Å². The molecule has 1 aromatic rings. The van der Waals surface area contributed by atoms with E-state index in [1.165, 1.54) is 24.8 Å². The van der Waals surface area contributed by atoms with E-state index in [0.717, 1.165) is 24.6 Å². The molecule has 1 aliphatic heterocycles. The average Bonchev–Trinajstić information content (AvgIpc) is 2.38. The summed E-state index contributed by atoms with van der Waals surface area (Å²) in [5, 5.41) is 0. The van der Waals surface area contributed by atoms with Gasteiger partial charge in [0.2, 0.25) is 0 Å². The number of nitrogens with zero attached hydrogens (tertiary/aromatic N) is 2. The average molecular weight is 228 g/mol. The number of rotatable bonds is 3. The van der Waals surface area contributed by atoms with Gasteiger partial charge in [-0.1, -0.05) is 24.8 Å². The Balaban J connectivity index is 2.17. The van der Waals surface area contributed by atoms with Crippen molar-refractivity contribution in [2.45, 2.75) is 26.2 Å². The first kappa shape index (κ1) is 11.9. The zero-order valence-corrected chi connectivity index (χ0v) is 10.5. The third-order valence-corrected chi connectivity index (χ3v) is 3.20. The van der Waals surface area contributed by atoms with Gasteiger partial charge in [-0.2, -0.15) is 0 Å². The highest BCUT2D eigenvalue weighted by atomic mass is 15.2. The van der Waals surface area contributed by atoms with Crippen LogP contribution in [0.25, 0.3) is 6.08 Å². The Labute approximate surface area is 104 Å². The molecule has 0 saturated carbocycles. The summed E-state index contributed by atoms with van der Waals surface area (Å²) in [5.74, 6) is 1.12. The Morgan fingerprint density at radius 1 is 1.24 bits per heavy atom. The van der Waals surface area contributed by atoms with E-state index >= 15 is 0 Å². The Morgan fingerprint density at radius 2 is 2.00 bits per heavy atom. The molecule has 0 N–H and O–H groups in total. The summed E-state index contributed by atoms with van der Waals surface area (Å²) in [6, 6.07) is 4.27. The topological polar surface area (TPSA) is 16.1 Å². The van der Waals surface area contributed by atoms with Crippen molar-refractivity contribution in [1.29, 1.82) is 0 Å². The van der Waals surface area contributed by atoms with Gasteiger partial charge in [0.25, 0.3) is 0 Å². The van der Waals surface area contributed by atoms with Crippen LogP contribution in [0.15, 0.2) is 30.9 Å². The summed E-state index contributed by atoms with van der Waals surface area (Å²) < 4.78 is 0. The van der Waals surface area contributed by atoms with Crippen LogP contribution in [0.2, 0.25) is 0 Å². The molecule has 90 valence electrons. The number of anilines is 1. The SMILES string of the molecule is C=C/C=C\c1ccc(N2CCCCC2)nc1C. The lowest BCUT2D eigenvalue weighted by molar-refractivity contribution is 0.573. The van der Waals surface area contributed by atoms with Crippen LogP contribution in [0.4, 0.5) is 5.82 Å². The molecule has 2 heteroatoms. The van der Waals surface area contributed by atoms with Gasteiger partial charge in [-0.3, -0.25) is 0 Å². The van der Waals surface area contributed by atoms with Crippen molar-refractivity contribution < 1.29 is 0 Å². The van der Waals surface area contributed by atoms with Crippen molar-refractivity contribution in [3.05, 3.63) is 42.1 Å². The molecular weight excluding hydrogens is 208 g/mol. The Kier molecular flexibility index (Phi) is 3.97. The van der Waals surface area contributed by atoms with Crippen molar-refractivity contribution in [3.63, 3.8) is 0 Å². The first-order valence-electron chi connectivity index (χ1n) is 6.33. The largest absolute Gasteiger partial charge is 0.357 e. The summed E-state index contributed by atoms with van der Waals surface area (Å²) in [6.07, 6.45) is 9.73. The van der Waals surface area contributed by atoms with Crippen LogP contribution in [-0.2, 0) is 0 Å². The number of pyridine rings is 1. The minimum absolute atomic E-state index is 1.09. The van der Waals surface area contributed by atoms with E-state index in [9.17, 15) is 0 Å². The molecule has 0 radical (unpaired) electrons. The van der Waals surface area contributed by atoms with E-state index in [-0.39, 0.29) is 0 Å². The molecule has 1 aromatic heterocycles. The molecular formula is C15H20N2. The molecule has 0 spiro atoms. The summed E-state index contributed by atoms with van der Waals surface area (Å²) >= 11 is 0. The van der Waals surface area contributed by atoms with Crippen LogP contribution < -0.4 is 4.90 Å². The standard InChI is InChI=1S/C15H20N2/c1-3-4-8-14-9-10-15(16-13(14)2)17-11-6-5-7-12-17/h3-4,8-10H,1,5-7,11-12H2,2H3/b8-4-. The van der Waals surface area contributed by atoms with Crippen LogP contribution in [0.3, 0.4) is 0 Å². The third kappa shape index (κ3) is 2.96. The first-order chi connectivity index (χ1) is 8.31. The number of aromatic nitrogens is 1. The van der Waals surface area contributed by atoms with Crippen LogP contribution in [0, 0.1) is 6.92 Å². The summed E-state index contributed by atoms with van der Waals surface area (Å²) in [4.78, 5) is 7.08. The Bertz CT molecular complexity index is 415. The van der Waals surface area contributed by atoms with Crippen molar-refractivity contribution >= 4 is 11.9 Å². The molecule has 17 heavy (non-hydrogen) atoms. The quantitative estimate of drug-likeness (QED) is 0.735. The van der Waals surface area contributed by atoms with E-state index in [1.54, 1.807) is 6.08 Å². The molecule has 0 unspecified atom stereocenters. The molecule has 2 rings (SSSR count). The van der Waals surface area contributed by atoms with E-state index < -0.39 is 0 Å². The molecule has 0 amide bonds. The molecule has 0 bridgehead atoms. The number of piperidine rings is 1. The van der Waals surface area contributed by atoms with Gasteiger partial charge >= 0.3 is 0 Å². The van der Waals surface area contributed by atoms with Gasteiger partial charge in [-0.25, -0.2) is 4.98 Å². The fraction of sp³-hybridized carbons (Fsp3) is 0.400. The van der Waals surface area contributed by atoms with Gasteiger partial charge in [0.1, 0.15) is 5.82 Å². The maximum absolute atomic E-state index is 4.69. The predicted octanol–water partition coefficient (Wildman–Crippen LogP) is 3.58. The van der Waals surface area contributed by atoms with E-state index in [4.69, 9.17) is 4.98 Å². The van der Waals surface area contributed by atoms with Gasteiger partial charge in [0.05, 0.1) is 0 Å². The second-order valence-corrected chi connectivity index (χ2v) is 4.49. The van der Waals surface area contributed by atoms with Crippen LogP contribution >= 0.6 is 0 Å². The number of hydrogen-bond acceptors (Lipinski definition) is 2. The molecule has 0 aliphatic carbocycles. The van der Waals surface area contributed by atoms with Crippen molar-refractivity contribution in [2.75, 3.05) is 18.0 Å². The number of aryl methyl sites for hydroxylation is 1. The fourth-order valence-corrected chi connectivity index (χ4v) is 2.21. The van der Waals surface area contributed by atoms with Gasteiger partial charge in [-0.05, 0) is 43.9 Å². The van der Waals surface area contributed by atoms with Gasteiger partial charge in [0, 0.05) is 18.8 Å². The van der Waals surface area contributed by atoms with Gasteiger partial charge in [0.15, 0.2) is 0 Å². The molecule has 0 atom stereocenters. The molecule has 1 fully saturated rings. The highest BCUT2D eigenvalue weighted by molar-refractivity contribution is 5.56. The monoisotopic (exact) mass is 228 g/mol. The number of allylic oxidation sites excluding steroid dienone is 2. The lowest BCUT2D eigenvalue weighted by Gasteiger charge is -2.28. The second-order valence-electron chi connectivity index (χ2n) is 4.49. The molecule has 1 saturated heterocycles. The van der Waals surface area contributed by atoms with Gasteiger partial charge < -0.3 is 4.90 Å². The molecule has 0 aromatic carbocycles. The third-order valence-electron chi connectivity index (χ3n) is 3.20. The van der Waals surface area contributed by atoms with Crippen LogP contribution in [-0.4, -0.2) is 18.1 Å². The first-order valence-corrected chi connectivity index (χ1v) is 6.33. The van der Waals surface area contributed by atoms with Crippen molar-refractivity contribution in [3.8, 4) is 0 Å². The summed E-state index contributed by atoms with van der Waals surface area (Å²) in [6.45, 7) is 8.04. The lowest BCUT2D eigenvalue weighted by Crippen LogP contribution is -2.30. The van der Waals surface area contributed by atoms with Crippen molar-refractivity contribution in [1.82, 2.24) is 4.98 Å². The zero-order chi connectivity index (χ0) is 12.1. The maximum Gasteiger partial charge on any atom is 0.128 e.